The molecular weight excluding hydrogens is 243 g/mol. The van der Waals surface area contributed by atoms with Gasteiger partial charge in [0, 0.05) is 0 Å². The topological polar surface area (TPSA) is 83.8 Å². The molecule has 0 atom stereocenters. The number of hydrogen-bond donors (Lipinski definition) is 2. The van der Waals surface area contributed by atoms with Gasteiger partial charge < -0.3 is 14.5 Å². The predicted octanol–water partition coefficient (Wildman–Crippen LogP) is 2.46. The van der Waals surface area contributed by atoms with Crippen molar-refractivity contribution in [3.63, 3.8) is 0 Å². The number of esters is 1. The average Bonchev–Trinajstić information content (AvgIpc) is 2.23. The molecule has 0 fully saturated rings. The van der Waals surface area contributed by atoms with Crippen molar-refractivity contribution in [2.45, 2.75) is 58.0 Å². The molecule has 0 saturated carbocycles. The van der Waals surface area contributed by atoms with Gasteiger partial charge in [0.2, 0.25) is 0 Å². The van der Waals surface area contributed by atoms with Gasteiger partial charge in [0.15, 0.2) is 5.16 Å². The Hall–Kier alpha value is -0.380. The summed E-state index contributed by atoms with van der Waals surface area (Å²) in [6, 6.07) is 0. The first-order chi connectivity index (χ1) is 7.85. The molecule has 0 aliphatic rings. The molecule has 0 saturated heterocycles. The zero-order valence-electron chi connectivity index (χ0n) is 10.8. The van der Waals surface area contributed by atoms with E-state index in [2.05, 4.69) is 0 Å². The monoisotopic (exact) mass is 266 g/mol. The fraction of sp³-hybridized carbons (Fsp3) is 0.909. The molecule has 5 nitrogen and oxygen atoms in total. The van der Waals surface area contributed by atoms with E-state index in [0.29, 0.717) is 19.3 Å². The minimum atomic E-state index is -4.51. The van der Waals surface area contributed by atoms with Crippen LogP contribution in [0.25, 0.3) is 0 Å². The van der Waals surface area contributed by atoms with Gasteiger partial charge in [-0.1, -0.05) is 33.6 Å². The molecule has 0 aromatic rings. The zero-order chi connectivity index (χ0) is 13.5. The minimum absolute atomic E-state index is 0.160. The van der Waals surface area contributed by atoms with Gasteiger partial charge in [-0.05, 0) is 19.3 Å². The van der Waals surface area contributed by atoms with E-state index in [1.54, 1.807) is 13.8 Å². The highest BCUT2D eigenvalue weighted by Gasteiger charge is 2.53. The third-order valence-corrected chi connectivity index (χ3v) is 4.45. The summed E-state index contributed by atoms with van der Waals surface area (Å²) in [5.74, 6) is -0.753. The number of carbonyl (C=O) groups is 1. The molecular formula is C11H23O5P. The molecule has 0 aliphatic heterocycles. The van der Waals surface area contributed by atoms with Gasteiger partial charge >= 0.3 is 13.6 Å². The summed E-state index contributed by atoms with van der Waals surface area (Å²) in [5.41, 5.74) is 0. The number of rotatable bonds is 8. The molecule has 0 aromatic heterocycles. The van der Waals surface area contributed by atoms with E-state index in [4.69, 9.17) is 4.74 Å². The summed E-state index contributed by atoms with van der Waals surface area (Å²) in [7, 11) is -4.51. The maximum absolute atomic E-state index is 11.9. The fourth-order valence-corrected chi connectivity index (χ4v) is 3.23. The molecule has 0 bridgehead atoms. The Kier molecular flexibility index (Phi) is 6.98. The lowest BCUT2D eigenvalue weighted by atomic mass is 9.97. The molecule has 0 unspecified atom stereocenters. The molecule has 17 heavy (non-hydrogen) atoms. The second-order valence-electron chi connectivity index (χ2n) is 4.21. The molecule has 2 N–H and O–H groups in total. The second-order valence-corrected chi connectivity index (χ2v) is 6.16. The van der Waals surface area contributed by atoms with E-state index >= 15 is 0 Å². The van der Waals surface area contributed by atoms with Crippen LogP contribution in [0.2, 0.25) is 0 Å². The van der Waals surface area contributed by atoms with Crippen LogP contribution in [0.4, 0.5) is 0 Å². The summed E-state index contributed by atoms with van der Waals surface area (Å²) >= 11 is 0. The lowest BCUT2D eigenvalue weighted by molar-refractivity contribution is -0.148. The van der Waals surface area contributed by atoms with Crippen LogP contribution in [0, 0.1) is 0 Å². The molecule has 102 valence electrons. The van der Waals surface area contributed by atoms with Crippen LogP contribution < -0.4 is 0 Å². The highest BCUT2D eigenvalue weighted by Crippen LogP contribution is 2.56. The van der Waals surface area contributed by atoms with Gasteiger partial charge in [0.05, 0.1) is 6.61 Å². The van der Waals surface area contributed by atoms with E-state index in [1.165, 1.54) is 0 Å². The van der Waals surface area contributed by atoms with Crippen molar-refractivity contribution < 1.29 is 23.9 Å². The summed E-state index contributed by atoms with van der Waals surface area (Å²) in [4.78, 5) is 30.9. The molecule has 0 radical (unpaired) electrons. The van der Waals surface area contributed by atoms with Crippen molar-refractivity contribution in [3.05, 3.63) is 0 Å². The van der Waals surface area contributed by atoms with Crippen LogP contribution in [0.5, 0.6) is 0 Å². The fourth-order valence-electron chi connectivity index (χ4n) is 1.90. The normalized spacial score (nSPS) is 12.5. The van der Waals surface area contributed by atoms with Crippen molar-refractivity contribution in [1.29, 1.82) is 0 Å². The summed E-state index contributed by atoms with van der Waals surface area (Å²) in [6.07, 6.45) is 2.03. The highest BCUT2D eigenvalue weighted by molar-refractivity contribution is 7.54. The van der Waals surface area contributed by atoms with Crippen LogP contribution in [-0.2, 0) is 14.1 Å². The van der Waals surface area contributed by atoms with Gasteiger partial charge in [-0.2, -0.15) is 0 Å². The van der Waals surface area contributed by atoms with Crippen LogP contribution in [0.1, 0.15) is 52.9 Å². The van der Waals surface area contributed by atoms with Gasteiger partial charge in [-0.25, -0.2) is 0 Å². The second kappa shape index (κ2) is 7.14. The summed E-state index contributed by atoms with van der Waals surface area (Å²) < 4.78 is 16.6. The lowest BCUT2D eigenvalue weighted by Crippen LogP contribution is -2.40. The number of ether oxygens (including phenoxy) is 1. The Balaban J connectivity index is 5.16. The van der Waals surface area contributed by atoms with Crippen LogP contribution in [0.15, 0.2) is 0 Å². The summed E-state index contributed by atoms with van der Waals surface area (Å²) in [6.45, 7) is 5.64. The standard InChI is InChI=1S/C11H23O5P/c1-4-7-11(8-5-2,17(13,14)15)10(12)16-9-6-3/h4-9H2,1-3H3,(H2,13,14,15). The number of carbonyl (C=O) groups excluding carboxylic acids is 1. The van der Waals surface area contributed by atoms with Crippen LogP contribution in [0.3, 0.4) is 0 Å². The predicted molar refractivity (Wildman–Crippen MR) is 65.8 cm³/mol. The Labute approximate surface area is 103 Å². The van der Waals surface area contributed by atoms with Gasteiger partial charge in [0.25, 0.3) is 0 Å². The van der Waals surface area contributed by atoms with Crippen LogP contribution >= 0.6 is 7.60 Å². The molecule has 0 rings (SSSR count). The largest absolute Gasteiger partial charge is 0.465 e. The summed E-state index contributed by atoms with van der Waals surface area (Å²) in [5, 5.41) is -1.65. The Morgan fingerprint density at radius 1 is 1.12 bits per heavy atom. The molecule has 0 amide bonds. The Morgan fingerprint density at radius 2 is 1.59 bits per heavy atom. The lowest BCUT2D eigenvalue weighted by Gasteiger charge is -2.31. The molecule has 6 heteroatoms. The Morgan fingerprint density at radius 3 is 1.88 bits per heavy atom. The SMILES string of the molecule is CCCOC(=O)C(CCC)(CCC)P(=O)(O)O. The quantitative estimate of drug-likeness (QED) is 0.520. The van der Waals surface area contributed by atoms with Gasteiger partial charge in [-0.15, -0.1) is 0 Å². The van der Waals surface area contributed by atoms with Crippen molar-refractivity contribution >= 4 is 13.6 Å². The average molecular weight is 266 g/mol. The molecule has 0 spiro atoms. The third-order valence-electron chi connectivity index (χ3n) is 2.70. The molecule has 0 heterocycles. The maximum atomic E-state index is 11.9. The van der Waals surface area contributed by atoms with Crippen LogP contribution in [-0.4, -0.2) is 27.5 Å². The van der Waals surface area contributed by atoms with E-state index in [-0.39, 0.29) is 19.4 Å². The molecule has 0 aliphatic carbocycles. The minimum Gasteiger partial charge on any atom is -0.465 e. The van der Waals surface area contributed by atoms with Gasteiger partial charge in [-0.3, -0.25) is 9.36 Å². The first-order valence-corrected chi connectivity index (χ1v) is 7.69. The van der Waals surface area contributed by atoms with Crippen molar-refractivity contribution in [3.8, 4) is 0 Å². The van der Waals surface area contributed by atoms with Crippen molar-refractivity contribution in [2.24, 2.45) is 0 Å². The van der Waals surface area contributed by atoms with E-state index < -0.39 is 18.7 Å². The van der Waals surface area contributed by atoms with Crippen molar-refractivity contribution in [1.82, 2.24) is 0 Å². The smallest absolute Gasteiger partial charge is 0.342 e. The van der Waals surface area contributed by atoms with Gasteiger partial charge in [0.1, 0.15) is 0 Å². The van der Waals surface area contributed by atoms with Crippen molar-refractivity contribution in [2.75, 3.05) is 6.61 Å². The maximum Gasteiger partial charge on any atom is 0.342 e. The Bertz CT molecular complexity index is 278. The van der Waals surface area contributed by atoms with E-state index in [0.717, 1.165) is 0 Å². The third kappa shape index (κ3) is 4.09. The first-order valence-electron chi connectivity index (χ1n) is 6.08. The van der Waals surface area contributed by atoms with E-state index in [9.17, 15) is 19.1 Å². The van der Waals surface area contributed by atoms with E-state index in [1.807, 2.05) is 6.92 Å². The number of hydrogen-bond acceptors (Lipinski definition) is 3. The zero-order valence-corrected chi connectivity index (χ0v) is 11.7. The first kappa shape index (κ1) is 16.6. The molecule has 0 aromatic carbocycles. The highest BCUT2D eigenvalue weighted by atomic mass is 31.2.